The highest BCUT2D eigenvalue weighted by Crippen LogP contribution is 2.24. The molecule has 0 aliphatic carbocycles. The van der Waals surface area contributed by atoms with Gasteiger partial charge in [0.05, 0.1) is 5.69 Å². The van der Waals surface area contributed by atoms with E-state index in [9.17, 15) is 0 Å². The van der Waals surface area contributed by atoms with E-state index >= 15 is 0 Å². The van der Waals surface area contributed by atoms with Crippen molar-refractivity contribution in [3.63, 3.8) is 0 Å². The molecule has 0 aliphatic rings. The lowest BCUT2D eigenvalue weighted by atomic mass is 10.1. The molecule has 0 amide bonds. The van der Waals surface area contributed by atoms with Crippen LogP contribution in [-0.4, -0.2) is 29.4 Å². The highest BCUT2D eigenvalue weighted by atomic mass is 79.9. The molecule has 114 valence electrons. The summed E-state index contributed by atoms with van der Waals surface area (Å²) in [5.41, 5.74) is 3.16. The monoisotopic (exact) mass is 367 g/mol. The Morgan fingerprint density at radius 2 is 2.10 bits per heavy atom. The first-order chi connectivity index (χ1) is 9.87. The Labute approximate surface area is 135 Å². The van der Waals surface area contributed by atoms with Crippen LogP contribution in [0.2, 0.25) is 25.7 Å². The smallest absolute Gasteiger partial charge is 0.140 e. The van der Waals surface area contributed by atoms with Gasteiger partial charge in [-0.3, -0.25) is 4.98 Å². The van der Waals surface area contributed by atoms with E-state index in [1.165, 1.54) is 6.04 Å². The molecule has 0 aromatic carbocycles. The minimum atomic E-state index is -1.04. The van der Waals surface area contributed by atoms with Gasteiger partial charge < -0.3 is 4.74 Å². The van der Waals surface area contributed by atoms with Gasteiger partial charge >= 0.3 is 0 Å². The summed E-state index contributed by atoms with van der Waals surface area (Å²) in [7, 11) is -1.04. The number of ether oxygens (including phenoxy) is 1. The van der Waals surface area contributed by atoms with Crippen molar-refractivity contribution in [1.29, 1.82) is 0 Å². The normalized spacial score (nSPS) is 11.9. The molecular formula is C15H22BrN3OSi. The van der Waals surface area contributed by atoms with Gasteiger partial charge in [0.1, 0.15) is 11.3 Å². The van der Waals surface area contributed by atoms with E-state index in [1.54, 1.807) is 6.20 Å². The molecule has 0 N–H and O–H groups in total. The van der Waals surface area contributed by atoms with E-state index < -0.39 is 8.07 Å². The number of nitrogens with zero attached hydrogens (tertiary/aromatic N) is 3. The van der Waals surface area contributed by atoms with Gasteiger partial charge in [0.2, 0.25) is 0 Å². The molecule has 2 aromatic rings. The molecule has 21 heavy (non-hydrogen) atoms. The minimum Gasteiger partial charge on any atom is -0.359 e. The van der Waals surface area contributed by atoms with Gasteiger partial charge in [-0.15, -0.1) is 0 Å². The molecule has 0 atom stereocenters. The lowest BCUT2D eigenvalue weighted by Crippen LogP contribution is -2.22. The van der Waals surface area contributed by atoms with Crippen molar-refractivity contribution in [3.8, 4) is 11.3 Å². The zero-order chi connectivity index (χ0) is 15.5. The molecule has 0 spiro atoms. The average molecular weight is 368 g/mol. The van der Waals surface area contributed by atoms with Crippen molar-refractivity contribution in [3.05, 3.63) is 34.7 Å². The van der Waals surface area contributed by atoms with Crippen LogP contribution >= 0.6 is 15.9 Å². The molecule has 0 bridgehead atoms. The third-order valence-electron chi connectivity index (χ3n) is 3.24. The number of aryl methyl sites for hydroxylation is 1. The van der Waals surface area contributed by atoms with E-state index in [1.807, 2.05) is 29.9 Å². The predicted octanol–water partition coefficient (Wildman–Crippen LogP) is 4.33. The lowest BCUT2D eigenvalue weighted by Gasteiger charge is -2.15. The second kappa shape index (κ2) is 6.85. The fourth-order valence-electron chi connectivity index (χ4n) is 1.91. The first-order valence-corrected chi connectivity index (χ1v) is 11.6. The number of pyridine rings is 1. The van der Waals surface area contributed by atoms with Gasteiger partial charge in [-0.05, 0) is 46.6 Å². The van der Waals surface area contributed by atoms with Crippen LogP contribution in [0.25, 0.3) is 11.3 Å². The van der Waals surface area contributed by atoms with E-state index in [0.717, 1.165) is 28.0 Å². The first-order valence-electron chi connectivity index (χ1n) is 7.09. The third-order valence-corrected chi connectivity index (χ3v) is 5.58. The highest BCUT2D eigenvalue weighted by Gasteiger charge is 2.13. The van der Waals surface area contributed by atoms with Crippen LogP contribution in [0.1, 0.15) is 5.56 Å². The molecule has 0 unspecified atom stereocenters. The fourth-order valence-corrected chi connectivity index (χ4v) is 3.06. The Balaban J connectivity index is 2.02. The second-order valence-electron chi connectivity index (χ2n) is 6.39. The molecule has 0 saturated heterocycles. The van der Waals surface area contributed by atoms with E-state index in [4.69, 9.17) is 4.74 Å². The Morgan fingerprint density at radius 3 is 2.76 bits per heavy atom. The summed E-state index contributed by atoms with van der Waals surface area (Å²) in [5.74, 6) is 0. The molecule has 2 rings (SSSR count). The summed E-state index contributed by atoms with van der Waals surface area (Å²) >= 11 is 3.54. The van der Waals surface area contributed by atoms with E-state index in [2.05, 4.69) is 45.7 Å². The third kappa shape index (κ3) is 4.76. The van der Waals surface area contributed by atoms with Crippen LogP contribution in [-0.2, 0) is 11.5 Å². The van der Waals surface area contributed by atoms with Gasteiger partial charge in [-0.1, -0.05) is 19.6 Å². The van der Waals surface area contributed by atoms with Gasteiger partial charge in [0.25, 0.3) is 0 Å². The maximum absolute atomic E-state index is 5.75. The average Bonchev–Trinajstić information content (AvgIpc) is 2.75. The van der Waals surface area contributed by atoms with E-state index in [0.29, 0.717) is 6.73 Å². The Hall–Kier alpha value is -0.983. The molecule has 6 heteroatoms. The molecule has 2 aromatic heterocycles. The molecule has 0 saturated carbocycles. The van der Waals surface area contributed by atoms with Gasteiger partial charge in [-0.2, -0.15) is 5.10 Å². The minimum absolute atomic E-state index is 0.481. The first kappa shape index (κ1) is 16.4. The van der Waals surface area contributed by atoms with Crippen molar-refractivity contribution >= 4 is 24.0 Å². The van der Waals surface area contributed by atoms with E-state index in [-0.39, 0.29) is 0 Å². The summed E-state index contributed by atoms with van der Waals surface area (Å²) in [4.78, 5) is 4.12. The summed E-state index contributed by atoms with van der Waals surface area (Å²) in [6.45, 7) is 10.4. The quantitative estimate of drug-likeness (QED) is 0.563. The number of halogens is 1. The zero-order valence-electron chi connectivity index (χ0n) is 13.1. The number of rotatable bonds is 6. The summed E-state index contributed by atoms with van der Waals surface area (Å²) in [6.07, 6.45) is 3.65. The molecule has 4 nitrogen and oxygen atoms in total. The van der Waals surface area contributed by atoms with Crippen LogP contribution in [0.15, 0.2) is 29.1 Å². The zero-order valence-corrected chi connectivity index (χ0v) is 15.6. The van der Waals surface area contributed by atoms with Crippen LogP contribution in [0.4, 0.5) is 0 Å². The van der Waals surface area contributed by atoms with Crippen molar-refractivity contribution in [1.82, 2.24) is 14.8 Å². The number of hydrogen-bond donors (Lipinski definition) is 0. The summed E-state index contributed by atoms with van der Waals surface area (Å²) < 4.78 is 8.53. The SMILES string of the molecule is Cc1cnccc1-c1cc(Br)n(COCC[Si](C)(C)C)n1. The molecule has 0 radical (unpaired) electrons. The topological polar surface area (TPSA) is 39.9 Å². The van der Waals surface area contributed by atoms with Crippen LogP contribution in [0.3, 0.4) is 0 Å². The van der Waals surface area contributed by atoms with Crippen LogP contribution in [0.5, 0.6) is 0 Å². The predicted molar refractivity (Wildman–Crippen MR) is 92.0 cm³/mol. The Morgan fingerprint density at radius 1 is 1.33 bits per heavy atom. The fraction of sp³-hybridized carbons (Fsp3) is 0.467. The molecule has 2 heterocycles. The number of hydrogen-bond acceptors (Lipinski definition) is 3. The molecule has 0 fully saturated rings. The van der Waals surface area contributed by atoms with Crippen LogP contribution in [0, 0.1) is 6.92 Å². The highest BCUT2D eigenvalue weighted by molar-refractivity contribution is 9.10. The summed E-state index contributed by atoms with van der Waals surface area (Å²) in [5, 5.41) is 4.60. The van der Waals surface area contributed by atoms with Crippen LogP contribution < -0.4 is 0 Å². The van der Waals surface area contributed by atoms with Gasteiger partial charge in [0.15, 0.2) is 0 Å². The molecular weight excluding hydrogens is 346 g/mol. The van der Waals surface area contributed by atoms with Gasteiger partial charge in [-0.25, -0.2) is 4.68 Å². The largest absolute Gasteiger partial charge is 0.359 e. The Kier molecular flexibility index (Phi) is 5.35. The number of aromatic nitrogens is 3. The lowest BCUT2D eigenvalue weighted by molar-refractivity contribution is 0.0771. The van der Waals surface area contributed by atoms with Crippen molar-refractivity contribution < 1.29 is 4.74 Å². The van der Waals surface area contributed by atoms with Gasteiger partial charge in [0, 0.05) is 32.6 Å². The second-order valence-corrected chi connectivity index (χ2v) is 12.8. The summed E-state index contributed by atoms with van der Waals surface area (Å²) in [6, 6.07) is 5.17. The maximum Gasteiger partial charge on any atom is 0.140 e. The van der Waals surface area contributed by atoms with Crippen molar-refractivity contribution in [2.75, 3.05) is 6.61 Å². The standard InChI is InChI=1S/C15H22BrN3OSi/c1-12-10-17-6-5-13(12)14-9-15(16)19(18-14)11-20-7-8-21(2,3)4/h5-6,9-10H,7-8,11H2,1-4H3. The Bertz CT molecular complexity index is 607. The van der Waals surface area contributed by atoms with Crippen molar-refractivity contribution in [2.24, 2.45) is 0 Å². The molecule has 0 aliphatic heterocycles. The van der Waals surface area contributed by atoms with Crippen molar-refractivity contribution in [2.45, 2.75) is 39.3 Å². The maximum atomic E-state index is 5.75.